The highest BCUT2D eigenvalue weighted by molar-refractivity contribution is 9.10. The molecule has 0 aromatic carbocycles. The van der Waals surface area contributed by atoms with Gasteiger partial charge >= 0.3 is 11.9 Å². The molecule has 1 fully saturated rings. The number of anilines is 1. The molecule has 0 amide bonds. The minimum atomic E-state index is -4.35. The van der Waals surface area contributed by atoms with Crippen LogP contribution in [0.3, 0.4) is 0 Å². The van der Waals surface area contributed by atoms with Crippen LogP contribution < -0.4 is 5.32 Å². The number of alkyl halides is 3. The van der Waals surface area contributed by atoms with Crippen molar-refractivity contribution in [3.05, 3.63) is 26.9 Å². The van der Waals surface area contributed by atoms with Gasteiger partial charge in [-0.1, -0.05) is 0 Å². The number of hydrogen-bond acceptors (Lipinski definition) is 5. The molecule has 1 saturated carbocycles. The molecule has 1 heterocycles. The van der Waals surface area contributed by atoms with Crippen LogP contribution in [-0.2, 0) is 0 Å². The van der Waals surface area contributed by atoms with Crippen molar-refractivity contribution in [2.45, 2.75) is 37.5 Å². The molecule has 1 aliphatic rings. The number of rotatable bonds is 4. The third-order valence-corrected chi connectivity index (χ3v) is 4.33. The molecule has 0 saturated heterocycles. The summed E-state index contributed by atoms with van der Waals surface area (Å²) in [6.45, 7) is -0.227. The fourth-order valence-electron chi connectivity index (χ4n) is 2.73. The Morgan fingerprint density at radius 1 is 1.57 bits per heavy atom. The standard InChI is InChI=1S/C13H15BrF3N3O3/c14-9-4-10(20(22)23)11(18-6-9)19-7-12(21)3-1-2-8(5-12)13(15,16)17/h4,6,8,21H,1-3,5,7H2,(H,18,19). The largest absolute Gasteiger partial charge is 0.391 e. The third-order valence-electron chi connectivity index (χ3n) is 3.90. The van der Waals surface area contributed by atoms with E-state index in [-0.39, 0.29) is 37.3 Å². The van der Waals surface area contributed by atoms with Crippen molar-refractivity contribution >= 4 is 27.4 Å². The second-order valence-electron chi connectivity index (χ2n) is 5.69. The summed E-state index contributed by atoms with van der Waals surface area (Å²) in [5, 5.41) is 24.0. The quantitative estimate of drug-likeness (QED) is 0.597. The molecule has 1 aromatic heterocycles. The molecule has 6 nitrogen and oxygen atoms in total. The fourth-order valence-corrected chi connectivity index (χ4v) is 3.05. The van der Waals surface area contributed by atoms with E-state index in [9.17, 15) is 28.4 Å². The van der Waals surface area contributed by atoms with Gasteiger partial charge in [0, 0.05) is 23.3 Å². The van der Waals surface area contributed by atoms with Gasteiger partial charge in [-0.25, -0.2) is 4.98 Å². The molecule has 10 heteroatoms. The Bertz CT molecular complexity index is 600. The van der Waals surface area contributed by atoms with Crippen molar-refractivity contribution in [3.8, 4) is 0 Å². The second-order valence-corrected chi connectivity index (χ2v) is 6.61. The summed E-state index contributed by atoms with van der Waals surface area (Å²) in [5.41, 5.74) is -1.88. The van der Waals surface area contributed by atoms with Crippen molar-refractivity contribution < 1.29 is 23.2 Å². The first-order valence-electron chi connectivity index (χ1n) is 6.94. The Hall–Kier alpha value is -1.42. The molecule has 1 aliphatic carbocycles. The molecule has 1 aromatic rings. The Balaban J connectivity index is 2.09. The van der Waals surface area contributed by atoms with E-state index >= 15 is 0 Å². The number of hydrogen-bond donors (Lipinski definition) is 2. The molecule has 2 atom stereocenters. The van der Waals surface area contributed by atoms with Gasteiger partial charge in [-0.15, -0.1) is 0 Å². The molecule has 0 bridgehead atoms. The SMILES string of the molecule is O=[N+]([O-])c1cc(Br)cnc1NCC1(O)CCCC(C(F)(F)F)C1. The van der Waals surface area contributed by atoms with Gasteiger partial charge in [0.25, 0.3) is 0 Å². The van der Waals surface area contributed by atoms with E-state index in [0.717, 1.165) is 0 Å². The van der Waals surface area contributed by atoms with Crippen molar-refractivity contribution in [2.75, 3.05) is 11.9 Å². The molecule has 0 aliphatic heterocycles. The van der Waals surface area contributed by atoms with Crippen LogP contribution in [0.4, 0.5) is 24.7 Å². The van der Waals surface area contributed by atoms with Crippen molar-refractivity contribution in [2.24, 2.45) is 5.92 Å². The highest BCUT2D eigenvalue weighted by Crippen LogP contribution is 2.42. The van der Waals surface area contributed by atoms with E-state index in [0.29, 0.717) is 4.47 Å². The fraction of sp³-hybridized carbons (Fsp3) is 0.615. The van der Waals surface area contributed by atoms with Crippen LogP contribution in [0.15, 0.2) is 16.7 Å². The van der Waals surface area contributed by atoms with Gasteiger partial charge in [0.15, 0.2) is 0 Å². The van der Waals surface area contributed by atoms with Gasteiger partial charge in [-0.3, -0.25) is 10.1 Å². The monoisotopic (exact) mass is 397 g/mol. The van der Waals surface area contributed by atoms with E-state index in [2.05, 4.69) is 26.2 Å². The van der Waals surface area contributed by atoms with Crippen LogP contribution in [0.5, 0.6) is 0 Å². The summed E-state index contributed by atoms with van der Waals surface area (Å²) in [5.74, 6) is -1.64. The molecule has 23 heavy (non-hydrogen) atoms. The van der Waals surface area contributed by atoms with E-state index in [4.69, 9.17) is 0 Å². The average Bonchev–Trinajstić information content (AvgIpc) is 2.45. The number of halogens is 4. The average molecular weight is 398 g/mol. The van der Waals surface area contributed by atoms with Gasteiger partial charge in [-0.2, -0.15) is 13.2 Å². The van der Waals surface area contributed by atoms with Crippen LogP contribution >= 0.6 is 15.9 Å². The number of pyridine rings is 1. The summed E-state index contributed by atoms with van der Waals surface area (Å²) >= 11 is 3.06. The number of nitro groups is 1. The summed E-state index contributed by atoms with van der Waals surface area (Å²) in [7, 11) is 0. The first-order chi connectivity index (χ1) is 10.6. The number of aromatic nitrogens is 1. The van der Waals surface area contributed by atoms with Crippen molar-refractivity contribution in [1.82, 2.24) is 4.98 Å². The zero-order valence-corrected chi connectivity index (χ0v) is 13.5. The van der Waals surface area contributed by atoms with E-state index in [1.807, 2.05) is 0 Å². The normalized spacial score (nSPS) is 25.2. The van der Waals surface area contributed by atoms with Gasteiger partial charge in [0.2, 0.25) is 5.82 Å². The van der Waals surface area contributed by atoms with Crippen molar-refractivity contribution in [3.63, 3.8) is 0 Å². The van der Waals surface area contributed by atoms with Crippen LogP contribution in [0.25, 0.3) is 0 Å². The Labute approximate surface area is 138 Å². The van der Waals surface area contributed by atoms with Gasteiger partial charge in [-0.05, 0) is 41.6 Å². The molecule has 128 valence electrons. The van der Waals surface area contributed by atoms with Crippen LogP contribution in [0.2, 0.25) is 0 Å². The lowest BCUT2D eigenvalue weighted by Gasteiger charge is -2.37. The number of nitrogens with one attached hydrogen (secondary N) is 1. The summed E-state index contributed by atoms with van der Waals surface area (Å²) in [4.78, 5) is 14.2. The lowest BCUT2D eigenvalue weighted by atomic mass is 9.77. The summed E-state index contributed by atoms with van der Waals surface area (Å²) < 4.78 is 38.9. The zero-order chi connectivity index (χ0) is 17.3. The number of nitrogens with zero attached hydrogens (tertiary/aromatic N) is 2. The highest BCUT2D eigenvalue weighted by Gasteiger charge is 2.47. The zero-order valence-electron chi connectivity index (χ0n) is 11.9. The molecule has 2 unspecified atom stereocenters. The minimum absolute atomic E-state index is 0.0114. The second kappa shape index (κ2) is 6.60. The Morgan fingerprint density at radius 2 is 2.26 bits per heavy atom. The predicted octanol–water partition coefficient (Wildman–Crippen LogP) is 3.65. The van der Waals surface area contributed by atoms with E-state index < -0.39 is 29.0 Å². The van der Waals surface area contributed by atoms with Gasteiger partial charge < -0.3 is 10.4 Å². The lowest BCUT2D eigenvalue weighted by molar-refractivity contribution is -0.384. The molecular weight excluding hydrogens is 383 g/mol. The molecular formula is C13H15BrF3N3O3. The van der Waals surface area contributed by atoms with Crippen molar-refractivity contribution in [1.29, 1.82) is 0 Å². The topological polar surface area (TPSA) is 88.3 Å². The maximum atomic E-state index is 12.8. The molecule has 2 rings (SSSR count). The highest BCUT2D eigenvalue weighted by atomic mass is 79.9. The van der Waals surface area contributed by atoms with Crippen LogP contribution in [0.1, 0.15) is 25.7 Å². The number of aliphatic hydroxyl groups is 1. The first-order valence-corrected chi connectivity index (χ1v) is 7.73. The minimum Gasteiger partial charge on any atom is -0.388 e. The van der Waals surface area contributed by atoms with Gasteiger partial charge in [0.1, 0.15) is 0 Å². The molecule has 2 N–H and O–H groups in total. The van der Waals surface area contributed by atoms with Crippen LogP contribution in [-0.4, -0.2) is 33.3 Å². The van der Waals surface area contributed by atoms with E-state index in [1.54, 1.807) is 0 Å². The molecule has 0 radical (unpaired) electrons. The smallest absolute Gasteiger partial charge is 0.388 e. The summed E-state index contributed by atoms with van der Waals surface area (Å²) in [6, 6.07) is 1.23. The maximum absolute atomic E-state index is 12.8. The lowest BCUT2D eigenvalue weighted by Crippen LogP contribution is -2.45. The molecule has 0 spiro atoms. The van der Waals surface area contributed by atoms with E-state index in [1.165, 1.54) is 12.3 Å². The Morgan fingerprint density at radius 3 is 2.87 bits per heavy atom. The third kappa shape index (κ3) is 4.54. The Kier molecular flexibility index (Phi) is 5.14. The summed E-state index contributed by atoms with van der Waals surface area (Å²) in [6.07, 6.45) is -3.00. The maximum Gasteiger partial charge on any atom is 0.391 e. The van der Waals surface area contributed by atoms with Crippen LogP contribution in [0, 0.1) is 16.0 Å². The predicted molar refractivity (Wildman–Crippen MR) is 80.0 cm³/mol. The van der Waals surface area contributed by atoms with Gasteiger partial charge in [0.05, 0.1) is 16.4 Å². The first kappa shape index (κ1) is 17.9.